The molecular formula is C14H14O4. The van der Waals surface area contributed by atoms with Gasteiger partial charge in [-0.05, 0) is 35.5 Å². The topological polar surface area (TPSA) is 52.6 Å². The van der Waals surface area contributed by atoms with Gasteiger partial charge in [-0.15, -0.1) is 0 Å². The molecule has 18 heavy (non-hydrogen) atoms. The highest BCUT2D eigenvalue weighted by Crippen LogP contribution is 3.10. The Morgan fingerprint density at radius 3 is 2.17 bits per heavy atom. The molecule has 6 aliphatic carbocycles. The van der Waals surface area contributed by atoms with Crippen LogP contribution >= 0.6 is 0 Å². The molecule has 4 nitrogen and oxygen atoms in total. The van der Waals surface area contributed by atoms with Crippen molar-refractivity contribution in [3.63, 3.8) is 0 Å². The molecule has 0 atom stereocenters. The Morgan fingerprint density at radius 2 is 1.72 bits per heavy atom. The van der Waals surface area contributed by atoms with Gasteiger partial charge in [-0.1, -0.05) is 6.58 Å². The number of carbonyl (C=O) groups excluding carboxylic acids is 2. The number of hydrogen-bond donors (Lipinski definition) is 0. The van der Waals surface area contributed by atoms with E-state index in [4.69, 9.17) is 9.47 Å². The van der Waals surface area contributed by atoms with Gasteiger partial charge in [0.1, 0.15) is 0 Å². The molecule has 6 saturated carbocycles. The lowest BCUT2D eigenvalue weighted by molar-refractivity contribution is -0.645. The van der Waals surface area contributed by atoms with Crippen molar-refractivity contribution in [2.75, 3.05) is 13.7 Å². The lowest BCUT2D eigenvalue weighted by atomic mass is 8.92. The van der Waals surface area contributed by atoms with Crippen LogP contribution in [0.15, 0.2) is 12.7 Å². The van der Waals surface area contributed by atoms with Gasteiger partial charge in [0.2, 0.25) is 0 Å². The molecule has 6 rings (SSSR count). The maximum Gasteiger partial charge on any atom is 0.330 e. The van der Waals surface area contributed by atoms with Gasteiger partial charge in [0, 0.05) is 11.5 Å². The van der Waals surface area contributed by atoms with Crippen LogP contribution in [0.4, 0.5) is 0 Å². The first-order chi connectivity index (χ1) is 8.67. The summed E-state index contributed by atoms with van der Waals surface area (Å²) in [7, 11) is 1.49. The van der Waals surface area contributed by atoms with Crippen LogP contribution in [0.2, 0.25) is 0 Å². The fourth-order valence-electron chi connectivity index (χ4n) is 6.88. The summed E-state index contributed by atoms with van der Waals surface area (Å²) >= 11 is 0. The first kappa shape index (κ1) is 9.59. The van der Waals surface area contributed by atoms with E-state index in [1.54, 1.807) is 0 Å². The summed E-state index contributed by atoms with van der Waals surface area (Å²) in [6.07, 6.45) is 1.22. The van der Waals surface area contributed by atoms with Gasteiger partial charge in [-0.25, -0.2) is 4.79 Å². The molecule has 0 aliphatic heterocycles. The molecule has 0 spiro atoms. The first-order valence-electron chi connectivity index (χ1n) is 6.55. The third-order valence-electron chi connectivity index (χ3n) is 7.01. The zero-order valence-electron chi connectivity index (χ0n) is 10.1. The van der Waals surface area contributed by atoms with Gasteiger partial charge in [0.25, 0.3) is 0 Å². The maximum absolute atomic E-state index is 11.9. The Morgan fingerprint density at radius 1 is 1.17 bits per heavy atom. The minimum absolute atomic E-state index is 0.0163. The maximum atomic E-state index is 11.9. The van der Waals surface area contributed by atoms with E-state index in [-0.39, 0.29) is 22.8 Å². The Kier molecular flexibility index (Phi) is 1.20. The van der Waals surface area contributed by atoms with Crippen LogP contribution in [0.3, 0.4) is 0 Å². The van der Waals surface area contributed by atoms with Crippen LogP contribution in [0.1, 0.15) is 0 Å². The third kappa shape index (κ3) is 0.493. The van der Waals surface area contributed by atoms with Crippen molar-refractivity contribution >= 4 is 11.9 Å². The molecule has 0 saturated heterocycles. The number of rotatable bonds is 4. The Balaban J connectivity index is 1.36. The lowest BCUT2D eigenvalue weighted by Gasteiger charge is -3.10. The molecule has 0 unspecified atom stereocenters. The molecule has 0 bridgehead atoms. The molecule has 0 aromatic rings. The minimum Gasteiger partial charge on any atom is -0.469 e. The predicted octanol–water partition coefficient (Wildman–Crippen LogP) is 0.627. The number of esters is 2. The van der Waals surface area contributed by atoms with Crippen molar-refractivity contribution in [2.24, 2.45) is 46.3 Å². The van der Waals surface area contributed by atoms with Crippen molar-refractivity contribution in [3.05, 3.63) is 12.7 Å². The smallest absolute Gasteiger partial charge is 0.330 e. The summed E-state index contributed by atoms with van der Waals surface area (Å²) in [5.74, 6) is 3.23. The summed E-state index contributed by atoms with van der Waals surface area (Å²) < 4.78 is 10.2. The predicted molar refractivity (Wildman–Crippen MR) is 59.0 cm³/mol. The molecule has 6 fully saturated rings. The molecule has 0 aromatic heterocycles. The Hall–Kier alpha value is -1.32. The van der Waals surface area contributed by atoms with E-state index in [1.165, 1.54) is 13.2 Å². The fraction of sp³-hybridized carbons (Fsp3) is 0.714. The number of carbonyl (C=O) groups is 2. The molecular weight excluding hydrogens is 232 g/mol. The van der Waals surface area contributed by atoms with Crippen LogP contribution in [-0.4, -0.2) is 25.7 Å². The molecule has 94 valence electrons. The van der Waals surface area contributed by atoms with Crippen LogP contribution in [0, 0.1) is 46.3 Å². The van der Waals surface area contributed by atoms with Gasteiger partial charge in [-0.2, -0.15) is 0 Å². The molecule has 4 heteroatoms. The largest absolute Gasteiger partial charge is 0.469 e. The Bertz CT molecular complexity index is 480. The van der Waals surface area contributed by atoms with Crippen molar-refractivity contribution in [2.45, 2.75) is 0 Å². The number of methoxy groups -OCH3 is 1. The monoisotopic (exact) mass is 246 g/mol. The molecule has 0 amide bonds. The molecule has 0 radical (unpaired) electrons. The highest BCUT2D eigenvalue weighted by atomic mass is 16.5. The van der Waals surface area contributed by atoms with Crippen LogP contribution in [0.5, 0.6) is 0 Å². The van der Waals surface area contributed by atoms with Crippen molar-refractivity contribution in [1.82, 2.24) is 0 Å². The molecule has 0 N–H and O–H groups in total. The highest BCUT2D eigenvalue weighted by molar-refractivity contribution is 5.88. The van der Waals surface area contributed by atoms with E-state index >= 15 is 0 Å². The van der Waals surface area contributed by atoms with Gasteiger partial charge < -0.3 is 9.47 Å². The van der Waals surface area contributed by atoms with Crippen molar-refractivity contribution in [1.29, 1.82) is 0 Å². The van der Waals surface area contributed by atoms with Gasteiger partial charge >= 0.3 is 11.9 Å². The second-order valence-corrected chi connectivity index (χ2v) is 6.50. The van der Waals surface area contributed by atoms with Crippen LogP contribution in [-0.2, 0) is 19.1 Å². The third-order valence-corrected chi connectivity index (χ3v) is 7.01. The minimum atomic E-state index is -0.327. The molecule has 0 heterocycles. The van der Waals surface area contributed by atoms with E-state index in [2.05, 4.69) is 6.58 Å². The van der Waals surface area contributed by atoms with E-state index in [1.807, 2.05) is 0 Å². The Labute approximate surface area is 104 Å². The average Bonchev–Trinajstić information content (AvgIpc) is 2.43. The molecule has 6 aliphatic rings. The summed E-state index contributed by atoms with van der Waals surface area (Å²) in [6.45, 7) is 3.95. The quantitative estimate of drug-likeness (QED) is 0.539. The summed E-state index contributed by atoms with van der Waals surface area (Å²) in [5.41, 5.74) is 0.174. The number of ether oxygens (including phenoxy) is 2. The second-order valence-electron chi connectivity index (χ2n) is 6.50. The van der Waals surface area contributed by atoms with E-state index in [9.17, 15) is 9.59 Å². The van der Waals surface area contributed by atoms with Gasteiger partial charge in [-0.3, -0.25) is 4.79 Å². The van der Waals surface area contributed by atoms with Gasteiger partial charge in [0.15, 0.2) is 0 Å². The van der Waals surface area contributed by atoms with Gasteiger partial charge in [0.05, 0.1) is 19.1 Å². The SMILES string of the molecule is C=CC(=O)OCC12C3C4C1C1C2C3C41C(=O)OC. The normalized spacial score (nSPS) is 61.8. The number of hydrogen-bond acceptors (Lipinski definition) is 4. The van der Waals surface area contributed by atoms with Crippen molar-refractivity contribution in [3.8, 4) is 0 Å². The zero-order valence-corrected chi connectivity index (χ0v) is 10.1. The van der Waals surface area contributed by atoms with E-state index in [0.29, 0.717) is 42.1 Å². The summed E-state index contributed by atoms with van der Waals surface area (Å²) in [5, 5.41) is 0. The average molecular weight is 246 g/mol. The molecule has 0 aromatic carbocycles. The van der Waals surface area contributed by atoms with Crippen LogP contribution in [0.25, 0.3) is 0 Å². The fourth-order valence-corrected chi connectivity index (χ4v) is 6.88. The van der Waals surface area contributed by atoms with Crippen molar-refractivity contribution < 1.29 is 19.1 Å². The standard InChI is InChI=1S/C14H14O4/c1-3-5(15)18-4-13-6-9-7(13)11-8(13)10(6)14(9,11)12(16)17-2/h3,6-11H,1,4H2,2H3. The second kappa shape index (κ2) is 2.26. The summed E-state index contributed by atoms with van der Waals surface area (Å²) in [6, 6.07) is 0. The van der Waals surface area contributed by atoms with E-state index in [0.717, 1.165) is 0 Å². The zero-order chi connectivity index (χ0) is 12.4. The van der Waals surface area contributed by atoms with Crippen LogP contribution < -0.4 is 0 Å². The van der Waals surface area contributed by atoms with E-state index < -0.39 is 0 Å². The summed E-state index contributed by atoms with van der Waals surface area (Å²) in [4.78, 5) is 23.0. The lowest BCUT2D eigenvalue weighted by Crippen LogP contribution is -3.11. The first-order valence-corrected chi connectivity index (χ1v) is 6.55. The highest BCUT2D eigenvalue weighted by Gasteiger charge is 3.11.